The number of thiocarbonyl (C=S) groups is 1. The number of anilines is 1. The molecular formula is C21H12BrClN4O5S. The smallest absolute Gasteiger partial charge is 0.270 e. The summed E-state index contributed by atoms with van der Waals surface area (Å²) in [6.45, 7) is 0. The summed E-state index contributed by atoms with van der Waals surface area (Å²) in [6, 6.07) is 13.5. The van der Waals surface area contributed by atoms with Gasteiger partial charge in [0.25, 0.3) is 11.6 Å². The predicted molar refractivity (Wildman–Crippen MR) is 131 cm³/mol. The second-order valence-electron chi connectivity index (χ2n) is 6.70. The van der Waals surface area contributed by atoms with Gasteiger partial charge in [0.2, 0.25) is 5.89 Å². The van der Waals surface area contributed by atoms with Crippen molar-refractivity contribution in [3.05, 3.63) is 79.8 Å². The number of nitro groups is 1. The second kappa shape index (κ2) is 9.14. The molecule has 33 heavy (non-hydrogen) atoms. The lowest BCUT2D eigenvalue weighted by Crippen LogP contribution is -2.34. The molecular weight excluding hydrogens is 536 g/mol. The molecule has 3 aromatic carbocycles. The van der Waals surface area contributed by atoms with E-state index in [1.807, 2.05) is 0 Å². The minimum atomic E-state index is -0.616. The molecule has 1 heterocycles. The first-order valence-electron chi connectivity index (χ1n) is 9.17. The van der Waals surface area contributed by atoms with Crippen LogP contribution in [-0.2, 0) is 0 Å². The van der Waals surface area contributed by atoms with Crippen molar-refractivity contribution in [2.24, 2.45) is 0 Å². The molecule has 0 aliphatic rings. The van der Waals surface area contributed by atoms with Crippen LogP contribution in [0.2, 0.25) is 5.02 Å². The van der Waals surface area contributed by atoms with E-state index in [0.717, 1.165) is 6.07 Å². The monoisotopic (exact) mass is 546 g/mol. The number of nitrogens with one attached hydrogen (secondary N) is 2. The van der Waals surface area contributed by atoms with Crippen LogP contribution in [0.5, 0.6) is 5.75 Å². The molecule has 1 aromatic heterocycles. The number of carbonyl (C=O) groups excluding carboxylic acids is 1. The molecule has 0 saturated heterocycles. The van der Waals surface area contributed by atoms with E-state index in [2.05, 4.69) is 31.5 Å². The number of phenols is 1. The first kappa shape index (κ1) is 22.6. The number of fused-ring (bicyclic) bond motifs is 1. The van der Waals surface area contributed by atoms with Gasteiger partial charge in [0.1, 0.15) is 11.3 Å². The lowest BCUT2D eigenvalue weighted by Gasteiger charge is -2.10. The van der Waals surface area contributed by atoms with E-state index in [1.54, 1.807) is 30.3 Å². The molecule has 166 valence electrons. The number of oxazole rings is 1. The molecule has 0 spiro atoms. The summed E-state index contributed by atoms with van der Waals surface area (Å²) in [5.41, 5.74) is 2.13. The third-order valence-corrected chi connectivity index (χ3v) is 5.63. The average molecular weight is 548 g/mol. The number of nitro benzene ring substituents is 1. The normalized spacial score (nSPS) is 10.7. The van der Waals surface area contributed by atoms with Crippen LogP contribution in [0, 0.1) is 10.1 Å². The molecule has 4 rings (SSSR count). The van der Waals surface area contributed by atoms with Crippen molar-refractivity contribution < 1.29 is 19.2 Å². The number of hydrogen-bond acceptors (Lipinski definition) is 7. The lowest BCUT2D eigenvalue weighted by atomic mass is 10.2. The molecule has 1 amide bonds. The van der Waals surface area contributed by atoms with Crippen LogP contribution in [0.3, 0.4) is 0 Å². The Morgan fingerprint density at radius 3 is 2.67 bits per heavy atom. The molecule has 9 nitrogen and oxygen atoms in total. The summed E-state index contributed by atoms with van der Waals surface area (Å²) in [5, 5.41) is 25.7. The van der Waals surface area contributed by atoms with Gasteiger partial charge >= 0.3 is 0 Å². The second-order valence-corrected chi connectivity index (χ2v) is 8.37. The summed E-state index contributed by atoms with van der Waals surface area (Å²) in [5.74, 6) is -0.145. The van der Waals surface area contributed by atoms with Crippen LogP contribution < -0.4 is 10.6 Å². The fourth-order valence-corrected chi connectivity index (χ4v) is 3.75. The van der Waals surface area contributed by atoms with Crippen LogP contribution in [0.1, 0.15) is 10.4 Å². The molecule has 0 bridgehead atoms. The maximum Gasteiger partial charge on any atom is 0.270 e. The fourth-order valence-electron chi connectivity index (χ4n) is 2.90. The third kappa shape index (κ3) is 4.95. The number of rotatable bonds is 4. The summed E-state index contributed by atoms with van der Waals surface area (Å²) < 4.78 is 6.28. The summed E-state index contributed by atoms with van der Waals surface area (Å²) in [7, 11) is 0. The van der Waals surface area contributed by atoms with Gasteiger partial charge in [0.05, 0.1) is 20.0 Å². The van der Waals surface area contributed by atoms with Gasteiger partial charge in [0, 0.05) is 23.4 Å². The molecule has 0 radical (unpaired) electrons. The lowest BCUT2D eigenvalue weighted by molar-refractivity contribution is -0.384. The van der Waals surface area contributed by atoms with Gasteiger partial charge in [-0.2, -0.15) is 0 Å². The van der Waals surface area contributed by atoms with Gasteiger partial charge in [0.15, 0.2) is 10.7 Å². The number of aromatic hydroxyl groups is 1. The van der Waals surface area contributed by atoms with Crippen LogP contribution >= 0.6 is 39.7 Å². The van der Waals surface area contributed by atoms with Crippen LogP contribution in [-0.4, -0.2) is 26.0 Å². The van der Waals surface area contributed by atoms with Crippen molar-refractivity contribution in [2.45, 2.75) is 0 Å². The number of nitrogens with zero attached hydrogens (tertiary/aromatic N) is 2. The number of hydrogen-bond donors (Lipinski definition) is 3. The Kier molecular flexibility index (Phi) is 6.27. The third-order valence-electron chi connectivity index (χ3n) is 4.48. The van der Waals surface area contributed by atoms with Crippen molar-refractivity contribution >= 4 is 73.2 Å². The molecule has 12 heteroatoms. The predicted octanol–water partition coefficient (Wildman–Crippen LogP) is 5.65. The summed E-state index contributed by atoms with van der Waals surface area (Å²) in [4.78, 5) is 27.1. The van der Waals surface area contributed by atoms with Gasteiger partial charge in [-0.1, -0.05) is 11.6 Å². The fraction of sp³-hybridized carbons (Fsp3) is 0. The van der Waals surface area contributed by atoms with Gasteiger partial charge in [-0.3, -0.25) is 20.2 Å². The Balaban J connectivity index is 1.48. The van der Waals surface area contributed by atoms with Gasteiger partial charge in [-0.05, 0) is 70.6 Å². The zero-order chi connectivity index (χ0) is 23.7. The van der Waals surface area contributed by atoms with E-state index in [0.29, 0.717) is 32.7 Å². The van der Waals surface area contributed by atoms with Gasteiger partial charge < -0.3 is 14.8 Å². The van der Waals surface area contributed by atoms with Crippen LogP contribution in [0.4, 0.5) is 11.4 Å². The minimum Gasteiger partial charge on any atom is -0.507 e. The summed E-state index contributed by atoms with van der Waals surface area (Å²) >= 11 is 14.4. The first-order chi connectivity index (χ1) is 15.7. The van der Waals surface area contributed by atoms with Crippen molar-refractivity contribution in [1.29, 1.82) is 0 Å². The highest BCUT2D eigenvalue weighted by Crippen LogP contribution is 2.31. The van der Waals surface area contributed by atoms with Gasteiger partial charge in [-0.25, -0.2) is 4.98 Å². The van der Waals surface area contributed by atoms with Crippen molar-refractivity contribution in [2.75, 3.05) is 5.32 Å². The minimum absolute atomic E-state index is 0.0000435. The topological polar surface area (TPSA) is 131 Å². The molecule has 0 saturated carbocycles. The Morgan fingerprint density at radius 2 is 1.97 bits per heavy atom. The zero-order valence-electron chi connectivity index (χ0n) is 16.3. The quantitative estimate of drug-likeness (QED) is 0.170. The molecule has 0 fully saturated rings. The van der Waals surface area contributed by atoms with E-state index >= 15 is 0 Å². The Morgan fingerprint density at radius 1 is 1.18 bits per heavy atom. The van der Waals surface area contributed by atoms with Gasteiger partial charge in [-0.15, -0.1) is 0 Å². The Bertz CT molecular complexity index is 1440. The van der Waals surface area contributed by atoms with Crippen molar-refractivity contribution in [3.8, 4) is 17.2 Å². The van der Waals surface area contributed by atoms with E-state index in [1.165, 1.54) is 18.2 Å². The number of carbonyl (C=O) groups is 1. The highest BCUT2D eigenvalue weighted by atomic mass is 79.9. The molecule has 0 aliphatic carbocycles. The molecule has 0 aliphatic heterocycles. The molecule has 0 unspecified atom stereocenters. The highest BCUT2D eigenvalue weighted by molar-refractivity contribution is 9.10. The standard InChI is InChI=1S/C21H12BrClN4O5S/c22-14-7-10(1-5-17(14)28)20-25-16-8-11(2-6-18(16)32-20)24-21(33)26-19(29)13-4-3-12(27(30)31)9-15(13)23/h1-9,28H,(H2,24,26,29,33). The number of benzene rings is 3. The number of phenolic OH excluding ortho intramolecular Hbond substituents is 1. The maximum atomic E-state index is 12.4. The maximum absolute atomic E-state index is 12.4. The Hall–Kier alpha value is -3.54. The van der Waals surface area contributed by atoms with Crippen molar-refractivity contribution in [3.63, 3.8) is 0 Å². The Labute approximate surface area is 204 Å². The largest absolute Gasteiger partial charge is 0.507 e. The molecule has 0 atom stereocenters. The molecule has 4 aromatic rings. The highest BCUT2D eigenvalue weighted by Gasteiger charge is 2.16. The SMILES string of the molecule is O=C(NC(=S)Nc1ccc2oc(-c3ccc(O)c(Br)c3)nc2c1)c1ccc([N+](=O)[O-])cc1Cl. The number of amides is 1. The zero-order valence-corrected chi connectivity index (χ0v) is 19.5. The van der Waals surface area contributed by atoms with E-state index < -0.39 is 10.8 Å². The first-order valence-corrected chi connectivity index (χ1v) is 10.7. The number of non-ortho nitro benzene ring substituents is 1. The van der Waals surface area contributed by atoms with E-state index in [4.69, 9.17) is 28.2 Å². The van der Waals surface area contributed by atoms with Crippen LogP contribution in [0.25, 0.3) is 22.6 Å². The van der Waals surface area contributed by atoms with Crippen molar-refractivity contribution in [1.82, 2.24) is 10.3 Å². The number of halogens is 2. The van der Waals surface area contributed by atoms with E-state index in [9.17, 15) is 20.0 Å². The number of aromatic nitrogens is 1. The van der Waals surface area contributed by atoms with E-state index in [-0.39, 0.29) is 27.1 Å². The average Bonchev–Trinajstić information content (AvgIpc) is 3.18. The van der Waals surface area contributed by atoms with Crippen LogP contribution in [0.15, 0.2) is 63.5 Å². The summed E-state index contributed by atoms with van der Waals surface area (Å²) in [6.07, 6.45) is 0. The molecule has 3 N–H and O–H groups in total.